The first kappa shape index (κ1) is 20.8. The average molecular weight is 415 g/mol. The van der Waals surface area contributed by atoms with Crippen molar-refractivity contribution in [3.8, 4) is 0 Å². The second-order valence-corrected chi connectivity index (χ2v) is 7.87. The van der Waals surface area contributed by atoms with Crippen LogP contribution in [0.15, 0.2) is 34.5 Å². The summed E-state index contributed by atoms with van der Waals surface area (Å²) in [5, 5.41) is 19.7. The van der Waals surface area contributed by atoms with Crippen molar-refractivity contribution in [2.24, 2.45) is 10.3 Å². The van der Waals surface area contributed by atoms with Crippen LogP contribution in [0.25, 0.3) is 0 Å². The first-order chi connectivity index (χ1) is 14.7. The molecule has 0 saturated carbocycles. The number of hydrogen-bond acceptors (Lipinski definition) is 8. The fourth-order valence-electron chi connectivity index (χ4n) is 3.89. The lowest BCUT2D eigenvalue weighted by Crippen LogP contribution is -2.49. The van der Waals surface area contributed by atoms with E-state index in [1.165, 1.54) is 0 Å². The number of benzene rings is 1. The van der Waals surface area contributed by atoms with E-state index in [1.54, 1.807) is 0 Å². The van der Waals surface area contributed by atoms with Gasteiger partial charge in [0.25, 0.3) is 0 Å². The second kappa shape index (κ2) is 10.0. The summed E-state index contributed by atoms with van der Waals surface area (Å²) >= 11 is 0. The second-order valence-electron chi connectivity index (χ2n) is 7.87. The van der Waals surface area contributed by atoms with E-state index in [0.717, 1.165) is 82.3 Å². The number of ether oxygens (including phenoxy) is 1. The lowest BCUT2D eigenvalue weighted by molar-refractivity contribution is -0.138. The molecule has 0 bridgehead atoms. The molecular formula is C21H29N5O4. The van der Waals surface area contributed by atoms with E-state index >= 15 is 0 Å². The number of morpholine rings is 1. The van der Waals surface area contributed by atoms with Gasteiger partial charge in [0.2, 0.25) is 0 Å². The Hall–Kier alpha value is -2.49. The zero-order valence-electron chi connectivity index (χ0n) is 17.2. The largest absolute Gasteiger partial charge is 0.480 e. The highest BCUT2D eigenvalue weighted by Crippen LogP contribution is 2.18. The first-order valence-corrected chi connectivity index (χ1v) is 10.5. The average Bonchev–Trinajstić information content (AvgIpc) is 3.23. The fourth-order valence-corrected chi connectivity index (χ4v) is 3.89. The van der Waals surface area contributed by atoms with Gasteiger partial charge in [-0.05, 0) is 11.1 Å². The zero-order valence-corrected chi connectivity index (χ0v) is 17.2. The van der Waals surface area contributed by atoms with Crippen molar-refractivity contribution in [3.63, 3.8) is 0 Å². The van der Waals surface area contributed by atoms with E-state index in [-0.39, 0.29) is 12.6 Å². The fraction of sp³-hybridized carbons (Fsp3) is 0.571. The van der Waals surface area contributed by atoms with E-state index in [0.29, 0.717) is 0 Å². The number of hydrazone groups is 1. The van der Waals surface area contributed by atoms with E-state index in [9.17, 15) is 4.79 Å². The maximum absolute atomic E-state index is 10.8. The van der Waals surface area contributed by atoms with E-state index in [4.69, 9.17) is 14.7 Å². The van der Waals surface area contributed by atoms with Crippen molar-refractivity contribution in [1.29, 1.82) is 0 Å². The molecule has 0 unspecified atom stereocenters. The molecule has 162 valence electrons. The summed E-state index contributed by atoms with van der Waals surface area (Å²) < 4.78 is 5.33. The van der Waals surface area contributed by atoms with E-state index in [2.05, 4.69) is 39.4 Å². The molecule has 0 amide bonds. The van der Waals surface area contributed by atoms with Gasteiger partial charge >= 0.3 is 5.97 Å². The maximum Gasteiger partial charge on any atom is 0.317 e. The molecule has 1 atom stereocenters. The van der Waals surface area contributed by atoms with Gasteiger partial charge in [-0.15, -0.1) is 0 Å². The third-order valence-electron chi connectivity index (χ3n) is 5.62. The Balaban J connectivity index is 1.22. The monoisotopic (exact) mass is 415 g/mol. The molecule has 1 aromatic carbocycles. The molecule has 4 rings (SSSR count). The van der Waals surface area contributed by atoms with Crippen LogP contribution in [-0.2, 0) is 14.4 Å². The molecule has 9 nitrogen and oxygen atoms in total. The smallest absolute Gasteiger partial charge is 0.317 e. The number of hydrogen-bond donors (Lipinski definition) is 1. The van der Waals surface area contributed by atoms with Crippen molar-refractivity contribution in [3.05, 3.63) is 35.4 Å². The predicted octanol–water partition coefficient (Wildman–Crippen LogP) is 0.548. The Labute approximate surface area is 176 Å². The minimum Gasteiger partial charge on any atom is -0.480 e. The van der Waals surface area contributed by atoms with Gasteiger partial charge in [0.1, 0.15) is 6.10 Å². The molecule has 0 aliphatic carbocycles. The minimum absolute atomic E-state index is 0.0496. The van der Waals surface area contributed by atoms with Gasteiger partial charge in [0.05, 0.1) is 44.8 Å². The Morgan fingerprint density at radius 1 is 1.10 bits per heavy atom. The summed E-state index contributed by atoms with van der Waals surface area (Å²) in [5.41, 5.74) is 3.11. The summed E-state index contributed by atoms with van der Waals surface area (Å²) in [6.07, 6.45) is 2.72. The minimum atomic E-state index is -0.765. The SMILES string of the molecule is O=C(O)CN1CCN(C[C@@H]2CC(c3ccc(C=NN4CCOCC4)cc3)=NO2)CC1. The van der Waals surface area contributed by atoms with Gasteiger partial charge in [-0.3, -0.25) is 19.6 Å². The maximum atomic E-state index is 10.8. The van der Waals surface area contributed by atoms with Crippen molar-refractivity contribution in [1.82, 2.24) is 14.8 Å². The van der Waals surface area contributed by atoms with Crippen LogP contribution in [0.2, 0.25) is 0 Å². The van der Waals surface area contributed by atoms with E-state index < -0.39 is 5.97 Å². The normalized spacial score (nSPS) is 23.5. The third kappa shape index (κ3) is 5.78. The molecule has 3 aliphatic rings. The molecule has 3 aliphatic heterocycles. The van der Waals surface area contributed by atoms with Crippen molar-refractivity contribution in [2.75, 3.05) is 65.6 Å². The molecule has 0 aromatic heterocycles. The summed E-state index contributed by atoms with van der Waals surface area (Å²) in [6.45, 7) is 7.34. The molecule has 0 radical (unpaired) electrons. The van der Waals surface area contributed by atoms with Crippen molar-refractivity contribution >= 4 is 17.9 Å². The van der Waals surface area contributed by atoms with Gasteiger partial charge in [-0.1, -0.05) is 29.4 Å². The highest BCUT2D eigenvalue weighted by molar-refractivity contribution is 6.01. The van der Waals surface area contributed by atoms with Crippen LogP contribution >= 0.6 is 0 Å². The van der Waals surface area contributed by atoms with Gasteiger partial charge < -0.3 is 14.7 Å². The summed E-state index contributed by atoms with van der Waals surface area (Å²) in [4.78, 5) is 20.8. The van der Waals surface area contributed by atoms with E-state index in [1.807, 2.05) is 16.1 Å². The van der Waals surface area contributed by atoms with Gasteiger partial charge in [-0.2, -0.15) is 5.10 Å². The standard InChI is InChI=1S/C21H29N5O4/c27-21(28)16-25-7-5-24(6-8-25)15-19-13-20(23-30-19)18-3-1-17(2-4-18)14-22-26-9-11-29-12-10-26/h1-4,14,19H,5-13,15-16H2,(H,27,28)/t19-/m0/s1. The number of carbonyl (C=O) groups is 1. The van der Waals surface area contributed by atoms with Crippen LogP contribution in [-0.4, -0.2) is 109 Å². The first-order valence-electron chi connectivity index (χ1n) is 10.5. The quantitative estimate of drug-likeness (QED) is 0.651. The van der Waals surface area contributed by atoms with Gasteiger partial charge in [-0.25, -0.2) is 0 Å². The van der Waals surface area contributed by atoms with Crippen LogP contribution in [0, 0.1) is 0 Å². The predicted molar refractivity (Wildman–Crippen MR) is 113 cm³/mol. The number of nitrogens with zero attached hydrogens (tertiary/aromatic N) is 5. The molecule has 1 N–H and O–H groups in total. The van der Waals surface area contributed by atoms with Crippen molar-refractivity contribution < 1.29 is 19.5 Å². The zero-order chi connectivity index (χ0) is 20.8. The van der Waals surface area contributed by atoms with Crippen LogP contribution in [0.3, 0.4) is 0 Å². The Morgan fingerprint density at radius 2 is 1.80 bits per heavy atom. The molecular weight excluding hydrogens is 386 g/mol. The number of carboxylic acids is 1. The summed E-state index contributed by atoms with van der Waals surface area (Å²) in [6, 6.07) is 8.24. The number of oxime groups is 1. The lowest BCUT2D eigenvalue weighted by atomic mass is 10.0. The molecule has 0 spiro atoms. The number of piperazine rings is 1. The molecule has 2 fully saturated rings. The van der Waals surface area contributed by atoms with Gasteiger partial charge in [0, 0.05) is 39.1 Å². The highest BCUT2D eigenvalue weighted by atomic mass is 16.6. The van der Waals surface area contributed by atoms with Crippen LogP contribution in [0.1, 0.15) is 17.5 Å². The third-order valence-corrected chi connectivity index (χ3v) is 5.62. The topological polar surface area (TPSA) is 90.2 Å². The Bertz CT molecular complexity index is 768. The number of carboxylic acid groups (broad SMARTS) is 1. The Morgan fingerprint density at radius 3 is 2.50 bits per heavy atom. The number of rotatable bonds is 7. The Kier molecular flexibility index (Phi) is 6.93. The molecule has 3 heterocycles. The van der Waals surface area contributed by atoms with Crippen LogP contribution in [0.4, 0.5) is 0 Å². The molecule has 1 aromatic rings. The number of aliphatic carboxylic acids is 1. The van der Waals surface area contributed by atoms with Crippen LogP contribution in [0.5, 0.6) is 0 Å². The molecule has 9 heteroatoms. The molecule has 2 saturated heterocycles. The van der Waals surface area contributed by atoms with Crippen molar-refractivity contribution in [2.45, 2.75) is 12.5 Å². The molecule has 30 heavy (non-hydrogen) atoms. The summed E-state index contributed by atoms with van der Waals surface area (Å²) in [7, 11) is 0. The summed E-state index contributed by atoms with van der Waals surface area (Å²) in [5.74, 6) is -0.765. The van der Waals surface area contributed by atoms with Crippen LogP contribution < -0.4 is 0 Å². The highest BCUT2D eigenvalue weighted by Gasteiger charge is 2.26. The van der Waals surface area contributed by atoms with Gasteiger partial charge in [0.15, 0.2) is 0 Å². The lowest BCUT2D eigenvalue weighted by Gasteiger charge is -2.34.